The molecular formula is C11H15ClN2O. The minimum Gasteiger partial charge on any atom is -0.381 e. The van der Waals surface area contributed by atoms with Gasteiger partial charge in [0.2, 0.25) is 0 Å². The molecule has 0 saturated carbocycles. The van der Waals surface area contributed by atoms with Gasteiger partial charge in [0.05, 0.1) is 12.3 Å². The number of imidazole rings is 1. The van der Waals surface area contributed by atoms with Crippen LogP contribution in [0.3, 0.4) is 0 Å². The Morgan fingerprint density at radius 1 is 1.40 bits per heavy atom. The molecule has 1 aromatic heterocycles. The summed E-state index contributed by atoms with van der Waals surface area (Å²) >= 11 is 6.17. The van der Waals surface area contributed by atoms with Crippen molar-refractivity contribution in [2.75, 3.05) is 13.2 Å². The largest absolute Gasteiger partial charge is 0.381 e. The van der Waals surface area contributed by atoms with Gasteiger partial charge < -0.3 is 9.30 Å². The van der Waals surface area contributed by atoms with Gasteiger partial charge in [0.25, 0.3) is 0 Å². The third kappa shape index (κ3) is 1.58. The number of hydrogen-bond acceptors (Lipinski definition) is 2. The zero-order chi connectivity index (χ0) is 10.3. The van der Waals surface area contributed by atoms with Gasteiger partial charge in [-0.15, -0.1) is 0 Å². The van der Waals surface area contributed by atoms with Gasteiger partial charge in [-0.1, -0.05) is 11.6 Å². The van der Waals surface area contributed by atoms with Crippen molar-refractivity contribution in [3.05, 3.63) is 16.7 Å². The number of nitrogens with zero attached hydrogens (tertiary/aromatic N) is 2. The summed E-state index contributed by atoms with van der Waals surface area (Å²) in [6, 6.07) is 0. The van der Waals surface area contributed by atoms with Crippen LogP contribution >= 0.6 is 11.6 Å². The van der Waals surface area contributed by atoms with Crippen molar-refractivity contribution < 1.29 is 4.74 Å². The maximum atomic E-state index is 6.17. The second kappa shape index (κ2) is 3.80. The number of rotatable bonds is 1. The number of halogens is 1. The van der Waals surface area contributed by atoms with Crippen LogP contribution in [0.5, 0.6) is 0 Å². The summed E-state index contributed by atoms with van der Waals surface area (Å²) in [7, 11) is 0. The van der Waals surface area contributed by atoms with E-state index < -0.39 is 0 Å². The number of fused-ring (bicyclic) bond motifs is 1. The molecule has 0 N–H and O–H groups in total. The summed E-state index contributed by atoms with van der Waals surface area (Å²) in [5.41, 5.74) is 1.24. The van der Waals surface area contributed by atoms with Gasteiger partial charge in [0, 0.05) is 19.1 Å². The Hall–Kier alpha value is -0.540. The first kappa shape index (κ1) is 9.67. The van der Waals surface area contributed by atoms with Crippen molar-refractivity contribution in [3.8, 4) is 0 Å². The molecule has 3 nitrogen and oxygen atoms in total. The quantitative estimate of drug-likeness (QED) is 0.735. The molecule has 0 spiro atoms. The zero-order valence-electron chi connectivity index (χ0n) is 8.71. The molecule has 1 unspecified atom stereocenters. The molecule has 3 rings (SSSR count). The Kier molecular flexibility index (Phi) is 2.45. The molecule has 0 amide bonds. The van der Waals surface area contributed by atoms with E-state index in [2.05, 4.69) is 9.55 Å². The smallest absolute Gasteiger partial charge is 0.150 e. The highest BCUT2D eigenvalue weighted by Gasteiger charge is 2.27. The molecule has 15 heavy (non-hydrogen) atoms. The minimum atomic E-state index is 0.467. The van der Waals surface area contributed by atoms with Crippen LogP contribution in [0, 0.1) is 0 Å². The van der Waals surface area contributed by atoms with Gasteiger partial charge in [-0.3, -0.25) is 0 Å². The van der Waals surface area contributed by atoms with Crippen LogP contribution in [0.15, 0.2) is 0 Å². The number of hydrogen-bond donors (Lipinski definition) is 0. The lowest BCUT2D eigenvalue weighted by Gasteiger charge is -2.18. The van der Waals surface area contributed by atoms with Crippen molar-refractivity contribution in [1.82, 2.24) is 9.55 Å². The predicted octanol–water partition coefficient (Wildman–Crippen LogP) is 2.38. The SMILES string of the molecule is Clc1nc(C2CCOC2)n2c1CCCC2. The van der Waals surface area contributed by atoms with E-state index in [9.17, 15) is 0 Å². The van der Waals surface area contributed by atoms with Crippen molar-refractivity contribution in [1.29, 1.82) is 0 Å². The summed E-state index contributed by atoms with van der Waals surface area (Å²) in [4.78, 5) is 4.52. The highest BCUT2D eigenvalue weighted by molar-refractivity contribution is 6.30. The standard InChI is InChI=1S/C11H15ClN2O/c12-10-9-3-1-2-5-14(9)11(13-10)8-4-6-15-7-8/h8H,1-7H2. The summed E-state index contributed by atoms with van der Waals surface area (Å²) in [6.07, 6.45) is 4.67. The van der Waals surface area contributed by atoms with E-state index in [1.807, 2.05) is 0 Å². The average molecular weight is 227 g/mol. The Balaban J connectivity index is 1.99. The Labute approximate surface area is 94.4 Å². The fourth-order valence-electron chi connectivity index (χ4n) is 2.57. The van der Waals surface area contributed by atoms with Crippen molar-refractivity contribution >= 4 is 11.6 Å². The van der Waals surface area contributed by atoms with Crippen molar-refractivity contribution in [2.24, 2.45) is 0 Å². The number of ether oxygens (including phenoxy) is 1. The van der Waals surface area contributed by atoms with Crippen LogP contribution in [-0.4, -0.2) is 22.8 Å². The van der Waals surface area contributed by atoms with E-state index >= 15 is 0 Å². The van der Waals surface area contributed by atoms with Crippen LogP contribution < -0.4 is 0 Å². The molecule has 1 fully saturated rings. The third-order valence-corrected chi connectivity index (χ3v) is 3.70. The van der Waals surface area contributed by atoms with Crippen LogP contribution in [-0.2, 0) is 17.7 Å². The lowest BCUT2D eigenvalue weighted by molar-refractivity contribution is 0.192. The minimum absolute atomic E-state index is 0.467. The molecule has 2 aliphatic rings. The molecule has 3 heterocycles. The molecule has 2 aliphatic heterocycles. The lowest BCUT2D eigenvalue weighted by atomic mass is 10.1. The van der Waals surface area contributed by atoms with E-state index in [-0.39, 0.29) is 0 Å². The normalized spacial score (nSPS) is 25.5. The van der Waals surface area contributed by atoms with Gasteiger partial charge in [0.15, 0.2) is 5.15 Å². The zero-order valence-corrected chi connectivity index (χ0v) is 9.46. The van der Waals surface area contributed by atoms with Crippen molar-refractivity contribution in [3.63, 3.8) is 0 Å². The maximum Gasteiger partial charge on any atom is 0.150 e. The molecule has 0 radical (unpaired) electrons. The first-order chi connectivity index (χ1) is 7.36. The van der Waals surface area contributed by atoms with E-state index in [0.717, 1.165) is 43.6 Å². The fraction of sp³-hybridized carbons (Fsp3) is 0.727. The Morgan fingerprint density at radius 3 is 3.13 bits per heavy atom. The first-order valence-electron chi connectivity index (χ1n) is 5.69. The monoisotopic (exact) mass is 226 g/mol. The summed E-state index contributed by atoms with van der Waals surface area (Å²) in [6.45, 7) is 2.76. The van der Waals surface area contributed by atoms with E-state index in [1.54, 1.807) is 0 Å². The fourth-order valence-corrected chi connectivity index (χ4v) is 2.86. The van der Waals surface area contributed by atoms with Crippen LogP contribution in [0.1, 0.15) is 36.7 Å². The highest BCUT2D eigenvalue weighted by atomic mass is 35.5. The second-order valence-electron chi connectivity index (χ2n) is 4.38. The number of aromatic nitrogens is 2. The molecular weight excluding hydrogens is 212 g/mol. The summed E-state index contributed by atoms with van der Waals surface area (Å²) in [5, 5.41) is 0.719. The average Bonchev–Trinajstić information content (AvgIpc) is 2.87. The lowest BCUT2D eigenvalue weighted by Crippen LogP contribution is -2.15. The Bertz CT molecular complexity index is 369. The summed E-state index contributed by atoms with van der Waals surface area (Å²) in [5.74, 6) is 1.63. The Morgan fingerprint density at radius 2 is 2.33 bits per heavy atom. The summed E-state index contributed by atoms with van der Waals surface area (Å²) < 4.78 is 7.74. The van der Waals surface area contributed by atoms with Gasteiger partial charge in [-0.25, -0.2) is 4.98 Å². The van der Waals surface area contributed by atoms with Crippen LogP contribution in [0.25, 0.3) is 0 Å². The molecule has 1 saturated heterocycles. The molecule has 82 valence electrons. The van der Waals surface area contributed by atoms with Gasteiger partial charge in [0.1, 0.15) is 5.82 Å². The third-order valence-electron chi connectivity index (χ3n) is 3.39. The van der Waals surface area contributed by atoms with E-state index in [0.29, 0.717) is 5.92 Å². The highest BCUT2D eigenvalue weighted by Crippen LogP contribution is 2.31. The van der Waals surface area contributed by atoms with E-state index in [4.69, 9.17) is 16.3 Å². The van der Waals surface area contributed by atoms with Crippen LogP contribution in [0.2, 0.25) is 5.15 Å². The molecule has 1 atom stereocenters. The second-order valence-corrected chi connectivity index (χ2v) is 4.73. The predicted molar refractivity (Wildman–Crippen MR) is 58.4 cm³/mol. The van der Waals surface area contributed by atoms with Gasteiger partial charge in [-0.2, -0.15) is 0 Å². The first-order valence-corrected chi connectivity index (χ1v) is 6.06. The van der Waals surface area contributed by atoms with Gasteiger partial charge in [-0.05, 0) is 25.7 Å². The van der Waals surface area contributed by atoms with Gasteiger partial charge >= 0.3 is 0 Å². The molecule has 1 aromatic rings. The van der Waals surface area contributed by atoms with Crippen LogP contribution in [0.4, 0.5) is 0 Å². The van der Waals surface area contributed by atoms with E-state index in [1.165, 1.54) is 18.5 Å². The maximum absolute atomic E-state index is 6.17. The molecule has 0 aromatic carbocycles. The molecule has 0 aliphatic carbocycles. The topological polar surface area (TPSA) is 27.1 Å². The molecule has 4 heteroatoms. The molecule has 0 bridgehead atoms. The van der Waals surface area contributed by atoms with Crippen molar-refractivity contribution in [2.45, 2.75) is 38.1 Å².